The maximum atomic E-state index is 12.4. The number of carbonyl (C=O) groups excluding carboxylic acids is 1. The molecule has 1 saturated heterocycles. The highest BCUT2D eigenvalue weighted by Gasteiger charge is 2.57. The van der Waals surface area contributed by atoms with Crippen LogP contribution < -0.4 is 10.6 Å². The van der Waals surface area contributed by atoms with E-state index in [1.807, 2.05) is 0 Å². The van der Waals surface area contributed by atoms with Gasteiger partial charge in [-0.05, 0) is 48.8 Å². The summed E-state index contributed by atoms with van der Waals surface area (Å²) < 4.78 is 0. The molecule has 2 N–H and O–H groups in total. The van der Waals surface area contributed by atoms with Gasteiger partial charge >= 0.3 is 0 Å². The molecule has 3 heteroatoms. The van der Waals surface area contributed by atoms with Crippen molar-refractivity contribution in [1.29, 1.82) is 0 Å². The summed E-state index contributed by atoms with van der Waals surface area (Å²) in [7, 11) is 0. The molecule has 3 nitrogen and oxygen atoms in total. The molecule has 1 aromatic rings. The minimum atomic E-state index is 0.240. The first kappa shape index (κ1) is 11.5. The normalized spacial score (nSPS) is 35.4. The smallest absolute Gasteiger partial charge is 0.224 e. The van der Waals surface area contributed by atoms with Gasteiger partial charge in [-0.1, -0.05) is 24.3 Å². The summed E-state index contributed by atoms with van der Waals surface area (Å²) in [6, 6.07) is 9.01. The lowest BCUT2D eigenvalue weighted by Crippen LogP contribution is -2.37. The lowest BCUT2D eigenvalue weighted by Gasteiger charge is -2.13. The number of hydrogen-bond donors (Lipinski definition) is 2. The minimum absolute atomic E-state index is 0.240. The summed E-state index contributed by atoms with van der Waals surface area (Å²) in [4.78, 5) is 12.4. The number of fused-ring (bicyclic) bond motifs is 3. The predicted molar refractivity (Wildman–Crippen MR) is 73.9 cm³/mol. The molecular weight excluding hydrogens is 236 g/mol. The molecule has 0 aromatic heterocycles. The van der Waals surface area contributed by atoms with Gasteiger partial charge in [-0.2, -0.15) is 0 Å². The van der Waals surface area contributed by atoms with Gasteiger partial charge in [0, 0.05) is 18.5 Å². The molecule has 1 aliphatic heterocycles. The SMILES string of the molecule is O=C(N[C@H]1CCNC1)C1C2CCc3ccccc3C21. The Bertz CT molecular complexity index is 507. The molecule has 1 aromatic carbocycles. The molecule has 1 amide bonds. The van der Waals surface area contributed by atoms with E-state index in [-0.39, 0.29) is 5.92 Å². The van der Waals surface area contributed by atoms with Gasteiger partial charge in [-0.15, -0.1) is 0 Å². The van der Waals surface area contributed by atoms with E-state index < -0.39 is 0 Å². The molecule has 19 heavy (non-hydrogen) atoms. The van der Waals surface area contributed by atoms with Crippen LogP contribution in [0.2, 0.25) is 0 Å². The Kier molecular flexibility index (Phi) is 2.62. The van der Waals surface area contributed by atoms with Crippen molar-refractivity contribution < 1.29 is 4.79 Å². The maximum absolute atomic E-state index is 12.4. The monoisotopic (exact) mass is 256 g/mol. The van der Waals surface area contributed by atoms with E-state index in [0.29, 0.717) is 23.8 Å². The Morgan fingerprint density at radius 3 is 3.00 bits per heavy atom. The van der Waals surface area contributed by atoms with E-state index in [2.05, 4.69) is 34.9 Å². The highest BCUT2D eigenvalue weighted by Crippen LogP contribution is 2.59. The molecule has 4 atom stereocenters. The van der Waals surface area contributed by atoms with Crippen LogP contribution in [0.4, 0.5) is 0 Å². The second-order valence-electron chi connectivity index (χ2n) is 6.15. The van der Waals surface area contributed by atoms with Crippen molar-refractivity contribution in [3.63, 3.8) is 0 Å². The van der Waals surface area contributed by atoms with Crippen molar-refractivity contribution in [2.24, 2.45) is 11.8 Å². The molecule has 100 valence electrons. The summed E-state index contributed by atoms with van der Waals surface area (Å²) in [5.41, 5.74) is 2.89. The third kappa shape index (κ3) is 1.88. The number of carbonyl (C=O) groups is 1. The molecule has 0 radical (unpaired) electrons. The highest BCUT2D eigenvalue weighted by atomic mass is 16.2. The number of hydrogen-bond acceptors (Lipinski definition) is 2. The molecule has 3 unspecified atom stereocenters. The Hall–Kier alpha value is -1.35. The number of rotatable bonds is 2. The van der Waals surface area contributed by atoms with Crippen LogP contribution in [0.3, 0.4) is 0 Å². The number of nitrogens with one attached hydrogen (secondary N) is 2. The van der Waals surface area contributed by atoms with Crippen molar-refractivity contribution in [2.75, 3.05) is 13.1 Å². The molecule has 1 heterocycles. The van der Waals surface area contributed by atoms with E-state index >= 15 is 0 Å². The van der Waals surface area contributed by atoms with E-state index in [0.717, 1.165) is 25.9 Å². The van der Waals surface area contributed by atoms with Gasteiger partial charge in [0.15, 0.2) is 0 Å². The predicted octanol–water partition coefficient (Wildman–Crippen LogP) is 1.44. The van der Waals surface area contributed by atoms with Gasteiger partial charge in [0.25, 0.3) is 0 Å². The molecule has 2 aliphatic carbocycles. The highest BCUT2D eigenvalue weighted by molar-refractivity contribution is 5.84. The van der Waals surface area contributed by atoms with Crippen molar-refractivity contribution >= 4 is 5.91 Å². The van der Waals surface area contributed by atoms with Crippen LogP contribution >= 0.6 is 0 Å². The summed E-state index contributed by atoms with van der Waals surface area (Å²) in [5, 5.41) is 6.53. The van der Waals surface area contributed by atoms with Crippen LogP contribution in [0.15, 0.2) is 24.3 Å². The quantitative estimate of drug-likeness (QED) is 0.840. The van der Waals surface area contributed by atoms with Crippen LogP contribution in [0.1, 0.15) is 29.9 Å². The van der Waals surface area contributed by atoms with Gasteiger partial charge < -0.3 is 10.6 Å². The van der Waals surface area contributed by atoms with E-state index in [1.54, 1.807) is 0 Å². The van der Waals surface area contributed by atoms with Crippen LogP contribution in [-0.4, -0.2) is 25.0 Å². The Balaban J connectivity index is 1.49. The average Bonchev–Trinajstić information content (AvgIpc) is 2.98. The summed E-state index contributed by atoms with van der Waals surface area (Å²) in [5.74, 6) is 1.63. The van der Waals surface area contributed by atoms with Gasteiger partial charge in [0.2, 0.25) is 5.91 Å². The van der Waals surface area contributed by atoms with E-state index in [9.17, 15) is 4.79 Å². The first-order chi connectivity index (χ1) is 9.34. The van der Waals surface area contributed by atoms with Crippen LogP contribution in [-0.2, 0) is 11.2 Å². The zero-order chi connectivity index (χ0) is 12.8. The third-order valence-corrected chi connectivity index (χ3v) is 5.04. The minimum Gasteiger partial charge on any atom is -0.352 e. The van der Waals surface area contributed by atoms with E-state index in [1.165, 1.54) is 17.5 Å². The zero-order valence-corrected chi connectivity index (χ0v) is 11.1. The fraction of sp³-hybridized carbons (Fsp3) is 0.562. The molecular formula is C16H20N2O. The van der Waals surface area contributed by atoms with Crippen LogP contribution in [0.25, 0.3) is 0 Å². The van der Waals surface area contributed by atoms with Crippen LogP contribution in [0.5, 0.6) is 0 Å². The van der Waals surface area contributed by atoms with Crippen molar-refractivity contribution in [1.82, 2.24) is 10.6 Å². The van der Waals surface area contributed by atoms with Gasteiger partial charge in [-0.25, -0.2) is 0 Å². The molecule has 0 spiro atoms. The first-order valence-corrected chi connectivity index (χ1v) is 7.43. The van der Waals surface area contributed by atoms with Gasteiger partial charge in [-0.3, -0.25) is 4.79 Å². The molecule has 1 saturated carbocycles. The van der Waals surface area contributed by atoms with Gasteiger partial charge in [0.1, 0.15) is 0 Å². The third-order valence-electron chi connectivity index (χ3n) is 5.04. The molecule has 4 rings (SSSR count). The number of benzene rings is 1. The fourth-order valence-electron chi connectivity index (χ4n) is 4.00. The van der Waals surface area contributed by atoms with Crippen molar-refractivity contribution in [3.05, 3.63) is 35.4 Å². The lowest BCUT2D eigenvalue weighted by atomic mass is 9.92. The second-order valence-corrected chi connectivity index (χ2v) is 6.15. The maximum Gasteiger partial charge on any atom is 0.224 e. The fourth-order valence-corrected chi connectivity index (χ4v) is 4.00. The van der Waals surface area contributed by atoms with Crippen molar-refractivity contribution in [3.8, 4) is 0 Å². The standard InChI is InChI=1S/C16H20N2O/c19-16(18-11-7-8-17-9-11)15-13-6-5-10-3-1-2-4-12(10)14(13)15/h1-4,11,13-15,17H,5-9H2,(H,18,19)/t11-,13?,14?,15?/m0/s1. The topological polar surface area (TPSA) is 41.1 Å². The zero-order valence-electron chi connectivity index (χ0n) is 11.1. The first-order valence-electron chi connectivity index (χ1n) is 7.43. The number of aryl methyl sites for hydroxylation is 1. The second kappa shape index (κ2) is 4.34. The Morgan fingerprint density at radius 2 is 2.16 bits per heavy atom. The molecule has 0 bridgehead atoms. The summed E-state index contributed by atoms with van der Waals surface area (Å²) in [6.45, 7) is 1.97. The van der Waals surface area contributed by atoms with E-state index in [4.69, 9.17) is 0 Å². The van der Waals surface area contributed by atoms with Gasteiger partial charge in [0.05, 0.1) is 0 Å². The number of amides is 1. The Labute approximate surface area is 113 Å². The summed E-state index contributed by atoms with van der Waals surface area (Å²) in [6.07, 6.45) is 3.40. The van der Waals surface area contributed by atoms with Crippen LogP contribution in [0, 0.1) is 11.8 Å². The molecule has 2 fully saturated rings. The summed E-state index contributed by atoms with van der Waals surface area (Å²) >= 11 is 0. The molecule has 3 aliphatic rings. The average molecular weight is 256 g/mol. The Morgan fingerprint density at radius 1 is 1.26 bits per heavy atom. The lowest BCUT2D eigenvalue weighted by molar-refractivity contribution is -0.123. The largest absolute Gasteiger partial charge is 0.352 e. The van der Waals surface area contributed by atoms with Crippen molar-refractivity contribution in [2.45, 2.75) is 31.2 Å².